The van der Waals surface area contributed by atoms with Crippen molar-refractivity contribution in [1.29, 1.82) is 0 Å². The van der Waals surface area contributed by atoms with Crippen LogP contribution in [0.2, 0.25) is 0 Å². The fourth-order valence-electron chi connectivity index (χ4n) is 5.11. The molecule has 1 N–H and O–H groups in total. The molecule has 0 radical (unpaired) electrons. The average molecular weight is 459 g/mol. The van der Waals surface area contributed by atoms with Crippen molar-refractivity contribution in [3.05, 3.63) is 113 Å². The van der Waals surface area contributed by atoms with Crippen molar-refractivity contribution >= 4 is 16.9 Å². The minimum Gasteiger partial charge on any atom is -0.345 e. The fraction of sp³-hybridized carbons (Fsp3) is 0.167. The van der Waals surface area contributed by atoms with E-state index >= 15 is 0 Å². The second-order valence-corrected chi connectivity index (χ2v) is 9.07. The van der Waals surface area contributed by atoms with Gasteiger partial charge in [0.25, 0.3) is 5.91 Å². The monoisotopic (exact) mass is 458 g/mol. The highest BCUT2D eigenvalue weighted by Gasteiger charge is 2.25. The molecule has 6 rings (SSSR count). The summed E-state index contributed by atoms with van der Waals surface area (Å²) in [6, 6.07) is 30.3. The second-order valence-electron chi connectivity index (χ2n) is 9.07. The van der Waals surface area contributed by atoms with Crippen LogP contribution in [0.1, 0.15) is 46.1 Å². The first-order chi connectivity index (χ1) is 17.2. The van der Waals surface area contributed by atoms with Crippen LogP contribution in [0, 0.1) is 6.92 Å². The molecule has 1 aliphatic carbocycles. The van der Waals surface area contributed by atoms with Gasteiger partial charge in [0.15, 0.2) is 5.65 Å². The van der Waals surface area contributed by atoms with E-state index in [1.54, 1.807) is 0 Å². The number of para-hydroxylation sites is 1. The van der Waals surface area contributed by atoms with Crippen LogP contribution in [0.15, 0.2) is 91.0 Å². The molecule has 35 heavy (non-hydrogen) atoms. The lowest BCUT2D eigenvalue weighted by Gasteiger charge is -2.26. The molecule has 2 aromatic heterocycles. The molecule has 1 unspecified atom stereocenters. The van der Waals surface area contributed by atoms with Crippen LogP contribution in [-0.4, -0.2) is 20.7 Å². The highest BCUT2D eigenvalue weighted by Crippen LogP contribution is 2.32. The average Bonchev–Trinajstić information content (AvgIpc) is 3.25. The van der Waals surface area contributed by atoms with Gasteiger partial charge in [-0.25, -0.2) is 9.67 Å². The molecule has 2 heterocycles. The number of rotatable bonds is 4. The number of hydrogen-bond acceptors (Lipinski definition) is 3. The molecule has 172 valence electrons. The molecule has 0 aliphatic heterocycles. The Kier molecular flexibility index (Phi) is 5.38. The maximum absolute atomic E-state index is 13.8. The standard InChI is InChI=1S/C30H26N4O/c1-20-28-25(30(35)32-26-18-10-14-21-11-8-9-17-24(21)26)19-27(22-12-4-2-5-13-22)31-29(28)34(33-20)23-15-6-3-7-16-23/h2-9,11-13,15-17,19,26H,10,14,18H2,1H3,(H,32,35). The molecule has 0 fully saturated rings. The molecular weight excluding hydrogens is 432 g/mol. The first-order valence-electron chi connectivity index (χ1n) is 12.1. The SMILES string of the molecule is Cc1nn(-c2ccccc2)c2nc(-c3ccccc3)cc(C(=O)NC3CCCc4ccccc43)c12. The smallest absolute Gasteiger partial charge is 0.252 e. The number of aryl methyl sites for hydroxylation is 2. The molecule has 5 nitrogen and oxygen atoms in total. The van der Waals surface area contributed by atoms with Crippen LogP contribution in [0.5, 0.6) is 0 Å². The minimum atomic E-state index is -0.0907. The summed E-state index contributed by atoms with van der Waals surface area (Å²) in [4.78, 5) is 18.8. The molecule has 1 aliphatic rings. The minimum absolute atomic E-state index is 0.000292. The summed E-state index contributed by atoms with van der Waals surface area (Å²) in [5, 5.41) is 8.92. The van der Waals surface area contributed by atoms with Crippen molar-refractivity contribution < 1.29 is 4.79 Å². The number of amides is 1. The van der Waals surface area contributed by atoms with Crippen LogP contribution in [0.4, 0.5) is 0 Å². The van der Waals surface area contributed by atoms with E-state index in [1.165, 1.54) is 11.1 Å². The van der Waals surface area contributed by atoms with Crippen molar-refractivity contribution in [2.45, 2.75) is 32.2 Å². The lowest BCUT2D eigenvalue weighted by molar-refractivity contribution is 0.0934. The van der Waals surface area contributed by atoms with E-state index in [-0.39, 0.29) is 11.9 Å². The van der Waals surface area contributed by atoms with Gasteiger partial charge in [-0.1, -0.05) is 72.8 Å². The van der Waals surface area contributed by atoms with Crippen LogP contribution >= 0.6 is 0 Å². The number of carbonyl (C=O) groups excluding carboxylic acids is 1. The number of benzene rings is 3. The molecule has 5 aromatic rings. The van der Waals surface area contributed by atoms with Crippen LogP contribution in [-0.2, 0) is 6.42 Å². The molecular formula is C30H26N4O. The van der Waals surface area contributed by atoms with Crippen molar-refractivity contribution in [3.8, 4) is 16.9 Å². The van der Waals surface area contributed by atoms with Gasteiger partial charge in [-0.2, -0.15) is 5.10 Å². The number of hydrogen-bond donors (Lipinski definition) is 1. The molecule has 0 saturated carbocycles. The summed E-state index contributed by atoms with van der Waals surface area (Å²) in [7, 11) is 0. The van der Waals surface area contributed by atoms with Gasteiger partial charge in [0.1, 0.15) is 0 Å². The Morgan fingerprint density at radius 1 is 0.943 bits per heavy atom. The molecule has 5 heteroatoms. The topological polar surface area (TPSA) is 59.8 Å². The predicted octanol–water partition coefficient (Wildman–Crippen LogP) is 6.20. The zero-order valence-electron chi connectivity index (χ0n) is 19.6. The summed E-state index contributed by atoms with van der Waals surface area (Å²) in [5.41, 5.74) is 7.25. The van der Waals surface area contributed by atoms with Gasteiger partial charge in [-0.3, -0.25) is 4.79 Å². The van der Waals surface area contributed by atoms with Crippen molar-refractivity contribution in [2.75, 3.05) is 0 Å². The molecule has 3 aromatic carbocycles. The lowest BCUT2D eigenvalue weighted by Crippen LogP contribution is -2.31. The third-order valence-electron chi connectivity index (χ3n) is 6.80. The van der Waals surface area contributed by atoms with E-state index in [4.69, 9.17) is 10.1 Å². The van der Waals surface area contributed by atoms with Gasteiger partial charge >= 0.3 is 0 Å². The third kappa shape index (κ3) is 3.89. The number of aromatic nitrogens is 3. The van der Waals surface area contributed by atoms with Crippen molar-refractivity contribution in [3.63, 3.8) is 0 Å². The van der Waals surface area contributed by atoms with Gasteiger partial charge < -0.3 is 5.32 Å². The van der Waals surface area contributed by atoms with Gasteiger partial charge in [0.05, 0.1) is 34.1 Å². The quantitative estimate of drug-likeness (QED) is 0.349. The molecule has 0 saturated heterocycles. The maximum Gasteiger partial charge on any atom is 0.252 e. The Hall–Kier alpha value is -4.25. The van der Waals surface area contributed by atoms with Gasteiger partial charge in [-0.05, 0) is 55.5 Å². The number of carbonyl (C=O) groups is 1. The zero-order valence-corrected chi connectivity index (χ0v) is 19.6. The summed E-state index contributed by atoms with van der Waals surface area (Å²) in [6.07, 6.45) is 3.06. The predicted molar refractivity (Wildman–Crippen MR) is 139 cm³/mol. The van der Waals surface area contributed by atoms with Crippen LogP contribution in [0.25, 0.3) is 28.0 Å². The van der Waals surface area contributed by atoms with E-state index in [0.29, 0.717) is 11.2 Å². The number of pyridine rings is 1. The van der Waals surface area contributed by atoms with E-state index in [9.17, 15) is 4.79 Å². The Bertz CT molecular complexity index is 1520. The Morgan fingerprint density at radius 3 is 2.46 bits per heavy atom. The Labute approximate surface area is 204 Å². The summed E-state index contributed by atoms with van der Waals surface area (Å²) in [5.74, 6) is -0.0907. The van der Waals surface area contributed by atoms with Crippen molar-refractivity contribution in [2.24, 2.45) is 0 Å². The first kappa shape index (κ1) is 21.3. The first-order valence-corrected chi connectivity index (χ1v) is 12.1. The molecule has 1 amide bonds. The Morgan fingerprint density at radius 2 is 1.66 bits per heavy atom. The lowest BCUT2D eigenvalue weighted by atomic mass is 9.87. The number of nitrogens with zero attached hydrogens (tertiary/aromatic N) is 3. The van der Waals surface area contributed by atoms with E-state index in [1.807, 2.05) is 78.3 Å². The van der Waals surface area contributed by atoms with Gasteiger partial charge in [0, 0.05) is 5.56 Å². The van der Waals surface area contributed by atoms with Crippen LogP contribution < -0.4 is 5.32 Å². The summed E-state index contributed by atoms with van der Waals surface area (Å²) in [6.45, 7) is 1.94. The summed E-state index contributed by atoms with van der Waals surface area (Å²) >= 11 is 0. The van der Waals surface area contributed by atoms with Gasteiger partial charge in [-0.15, -0.1) is 0 Å². The van der Waals surface area contributed by atoms with E-state index < -0.39 is 0 Å². The van der Waals surface area contributed by atoms with Crippen LogP contribution in [0.3, 0.4) is 0 Å². The number of nitrogens with one attached hydrogen (secondary N) is 1. The third-order valence-corrected chi connectivity index (χ3v) is 6.80. The van der Waals surface area contributed by atoms with Crippen molar-refractivity contribution in [1.82, 2.24) is 20.1 Å². The number of fused-ring (bicyclic) bond motifs is 2. The Balaban J connectivity index is 1.50. The fourth-order valence-corrected chi connectivity index (χ4v) is 5.11. The molecule has 0 bridgehead atoms. The van der Waals surface area contributed by atoms with E-state index in [0.717, 1.165) is 47.3 Å². The highest BCUT2D eigenvalue weighted by molar-refractivity contribution is 6.08. The highest BCUT2D eigenvalue weighted by atomic mass is 16.1. The summed E-state index contributed by atoms with van der Waals surface area (Å²) < 4.78 is 1.84. The maximum atomic E-state index is 13.8. The largest absolute Gasteiger partial charge is 0.345 e. The normalized spacial score (nSPS) is 15.1. The zero-order chi connectivity index (χ0) is 23.8. The van der Waals surface area contributed by atoms with E-state index in [2.05, 4.69) is 29.6 Å². The van der Waals surface area contributed by atoms with Gasteiger partial charge in [0.2, 0.25) is 0 Å². The second kappa shape index (κ2) is 8.84. The molecule has 0 spiro atoms. The molecule has 1 atom stereocenters.